The summed E-state index contributed by atoms with van der Waals surface area (Å²) >= 11 is 0. The van der Waals surface area contributed by atoms with E-state index < -0.39 is 0 Å². The first kappa shape index (κ1) is 37.0. The monoisotopic (exact) mass is 868 g/mol. The van der Waals surface area contributed by atoms with E-state index in [2.05, 4.69) is 185 Å². The molecule has 6 aromatic heterocycles. The summed E-state index contributed by atoms with van der Waals surface area (Å²) in [5, 5.41) is 8.14. The van der Waals surface area contributed by atoms with Crippen molar-refractivity contribution in [3.63, 3.8) is 0 Å². The molecule has 0 radical (unpaired) electrons. The van der Waals surface area contributed by atoms with Gasteiger partial charge < -0.3 is 15.3 Å². The van der Waals surface area contributed by atoms with Gasteiger partial charge in [0.2, 0.25) is 0 Å². The van der Waals surface area contributed by atoms with Crippen molar-refractivity contribution in [2.75, 3.05) is 0 Å². The van der Waals surface area contributed by atoms with Crippen LogP contribution >= 0.6 is 0 Å². The maximum absolute atomic E-state index is 5.47. The molecule has 8 nitrogen and oxygen atoms in total. The Labute approximate surface area is 389 Å². The summed E-state index contributed by atoms with van der Waals surface area (Å²) < 4.78 is 0. The third-order valence-corrected chi connectivity index (χ3v) is 13.9. The lowest BCUT2D eigenvalue weighted by Gasteiger charge is -2.22. The van der Waals surface area contributed by atoms with Crippen LogP contribution in [0.4, 0.5) is 0 Å². The smallest absolute Gasteiger partial charge is 0.0893 e. The van der Waals surface area contributed by atoms with Crippen LogP contribution in [0.25, 0.3) is 101 Å². The highest BCUT2D eigenvalue weighted by Gasteiger charge is 2.31. The molecular weight excluding hydrogens is 833 g/mol. The second-order valence-corrected chi connectivity index (χ2v) is 17.9. The Kier molecular flexibility index (Phi) is 7.68. The zero-order chi connectivity index (χ0) is 44.5. The number of aromatic nitrogens is 6. The van der Waals surface area contributed by atoms with Gasteiger partial charge in [0.25, 0.3) is 0 Å². The van der Waals surface area contributed by atoms with Crippen molar-refractivity contribution < 1.29 is 0 Å². The highest BCUT2D eigenvalue weighted by molar-refractivity contribution is 6.00. The molecule has 0 saturated carbocycles. The highest BCUT2D eigenvalue weighted by Crippen LogP contribution is 2.41. The maximum Gasteiger partial charge on any atom is 0.0893 e. The molecule has 3 N–H and O–H groups in total. The van der Waals surface area contributed by atoms with Crippen molar-refractivity contribution in [1.82, 2.24) is 35.2 Å². The molecule has 316 valence electrons. The Morgan fingerprint density at radius 2 is 0.941 bits per heavy atom. The molecule has 10 aromatic rings. The summed E-state index contributed by atoms with van der Waals surface area (Å²) in [6.45, 7) is 0. The minimum Gasteiger partial charge on any atom is -0.373 e. The topological polar surface area (TPSA) is 108 Å². The maximum atomic E-state index is 5.47. The predicted molar refractivity (Wildman–Crippen MR) is 271 cm³/mol. The van der Waals surface area contributed by atoms with E-state index >= 15 is 0 Å². The van der Waals surface area contributed by atoms with Crippen LogP contribution in [-0.4, -0.2) is 35.9 Å². The lowest BCUT2D eigenvalue weighted by atomic mass is 9.93. The van der Waals surface area contributed by atoms with Gasteiger partial charge >= 0.3 is 0 Å². The number of benzene rings is 4. The first-order valence-corrected chi connectivity index (χ1v) is 22.9. The first-order valence-electron chi connectivity index (χ1n) is 22.9. The molecule has 4 aliphatic heterocycles. The fourth-order valence-electron chi connectivity index (χ4n) is 10.7. The van der Waals surface area contributed by atoms with E-state index in [1.54, 1.807) is 0 Å². The molecule has 4 aromatic carbocycles. The number of hydrogen-bond acceptors (Lipinski definition) is 6. The molecule has 0 saturated heterocycles. The highest BCUT2D eigenvalue weighted by atomic mass is 15.0. The Bertz CT molecular complexity index is 4170. The number of nitrogens with zero attached hydrogens (tertiary/aromatic N) is 5. The van der Waals surface area contributed by atoms with Gasteiger partial charge in [-0.1, -0.05) is 121 Å². The summed E-state index contributed by atoms with van der Waals surface area (Å²) in [6.07, 6.45) is 11.0. The molecule has 8 heteroatoms. The second kappa shape index (κ2) is 14.1. The second-order valence-electron chi connectivity index (χ2n) is 17.9. The standard InChI is InChI=1S/C60H36N8/c1-9-35-29-51-55(52-30-36-10-2-14-40(58(36)66-52)44-18-6-22-48(62-44)47-21-5-17-43(61-47)39(13-1)57(35)65-51)33-25-27-34(28-26-33)56-53-31-37-11-3-15-41(59(37)67-53)45-19-7-23-49(63-45)50-24-8-20-46(64-50)42-16-4-12-38-32-54(56)68-60(38)42/h1-32,57,65-67H/b55-51-,56-54-. The molecule has 0 fully saturated rings. The Morgan fingerprint density at radius 3 is 1.57 bits per heavy atom. The molecule has 1 unspecified atom stereocenters. The van der Waals surface area contributed by atoms with E-state index in [-0.39, 0.29) is 6.04 Å². The van der Waals surface area contributed by atoms with Crippen molar-refractivity contribution in [3.8, 4) is 56.5 Å². The SMILES string of the molecule is C1=CC2=C/C3=C(\c4ccc(/C5=C6\C=c7cccc(c7=N6)-c6cccc(n6)-c6cccc(n6)-c6cccc7cc5[nH]c67)cc4)c4cc5cccc(c5[nH]4)-c4cccc(n4)-c4cccc(n4)C(=C1)C2N3. The van der Waals surface area contributed by atoms with E-state index in [1.807, 2.05) is 24.3 Å². The fraction of sp³-hybridized carbons (Fsp3) is 0.0167. The number of H-pyrrole nitrogens is 2. The van der Waals surface area contributed by atoms with Gasteiger partial charge in [-0.05, 0) is 89.5 Å². The van der Waals surface area contributed by atoms with Crippen molar-refractivity contribution in [2.45, 2.75) is 6.04 Å². The molecule has 1 aliphatic carbocycles. The Hall–Kier alpha value is -9.27. The summed E-state index contributed by atoms with van der Waals surface area (Å²) in [4.78, 5) is 34.0. The van der Waals surface area contributed by atoms with Crippen LogP contribution in [0.15, 0.2) is 210 Å². The number of fused-ring (bicyclic) bond motifs is 18. The van der Waals surface area contributed by atoms with Crippen molar-refractivity contribution in [1.29, 1.82) is 0 Å². The number of nitrogens with one attached hydrogen (secondary N) is 3. The van der Waals surface area contributed by atoms with E-state index in [9.17, 15) is 0 Å². The molecule has 68 heavy (non-hydrogen) atoms. The summed E-state index contributed by atoms with van der Waals surface area (Å²) in [7, 11) is 0. The van der Waals surface area contributed by atoms with Gasteiger partial charge in [0.1, 0.15) is 0 Å². The van der Waals surface area contributed by atoms with Crippen LogP contribution in [0, 0.1) is 0 Å². The van der Waals surface area contributed by atoms with Crippen LogP contribution in [0.3, 0.4) is 0 Å². The number of pyridine rings is 4. The average Bonchev–Trinajstić information content (AvgIpc) is 4.21. The lowest BCUT2D eigenvalue weighted by molar-refractivity contribution is 0.833. The molecule has 16 bridgehead atoms. The minimum absolute atomic E-state index is 0.0781. The lowest BCUT2D eigenvalue weighted by Crippen LogP contribution is -2.27. The largest absolute Gasteiger partial charge is 0.373 e. The van der Waals surface area contributed by atoms with Gasteiger partial charge in [0, 0.05) is 66.5 Å². The summed E-state index contributed by atoms with van der Waals surface area (Å²) in [5.41, 5.74) is 22.3. The number of hydrogen-bond donors (Lipinski definition) is 3. The molecule has 5 aliphatic rings. The van der Waals surface area contributed by atoms with Crippen LogP contribution in [-0.2, 0) is 0 Å². The van der Waals surface area contributed by atoms with Gasteiger partial charge in [-0.3, -0.25) is 0 Å². The van der Waals surface area contributed by atoms with Crippen molar-refractivity contribution in [2.24, 2.45) is 4.99 Å². The van der Waals surface area contributed by atoms with Gasteiger partial charge in [-0.25, -0.2) is 24.9 Å². The molecule has 1 atom stereocenters. The molecule has 0 amide bonds. The number of aromatic amines is 2. The number of allylic oxidation sites excluding steroid dienone is 4. The minimum atomic E-state index is -0.0781. The van der Waals surface area contributed by atoms with Gasteiger partial charge in [-0.2, -0.15) is 0 Å². The fourth-order valence-corrected chi connectivity index (χ4v) is 10.7. The predicted octanol–water partition coefficient (Wildman–Crippen LogP) is 11.4. The molecule has 15 rings (SSSR count). The number of para-hydroxylation sites is 3. The molecule has 10 heterocycles. The first-order chi connectivity index (χ1) is 33.6. The quantitative estimate of drug-likeness (QED) is 0.160. The van der Waals surface area contributed by atoms with Gasteiger partial charge in [0.15, 0.2) is 0 Å². The third kappa shape index (κ3) is 5.64. The van der Waals surface area contributed by atoms with Gasteiger partial charge in [-0.15, -0.1) is 0 Å². The van der Waals surface area contributed by atoms with E-state index in [0.717, 1.165) is 145 Å². The average molecular weight is 869 g/mol. The van der Waals surface area contributed by atoms with E-state index in [0.29, 0.717) is 0 Å². The third-order valence-electron chi connectivity index (χ3n) is 13.9. The zero-order valence-corrected chi connectivity index (χ0v) is 36.3. The van der Waals surface area contributed by atoms with Crippen LogP contribution in [0.2, 0.25) is 0 Å². The normalized spacial score (nSPS) is 18.0. The van der Waals surface area contributed by atoms with Gasteiger partial charge in [0.05, 0.1) is 73.7 Å². The van der Waals surface area contributed by atoms with Crippen LogP contribution in [0.1, 0.15) is 28.2 Å². The van der Waals surface area contributed by atoms with E-state index in [1.165, 1.54) is 5.57 Å². The molecular formula is C60H36N8. The van der Waals surface area contributed by atoms with E-state index in [4.69, 9.17) is 24.9 Å². The number of rotatable bonds is 2. The molecule has 0 spiro atoms. The van der Waals surface area contributed by atoms with Crippen molar-refractivity contribution >= 4 is 44.6 Å². The summed E-state index contributed by atoms with van der Waals surface area (Å²) in [5.74, 6) is 0. The Balaban J connectivity index is 0.944. The summed E-state index contributed by atoms with van der Waals surface area (Å²) in [6, 6.07) is 57.4. The zero-order valence-electron chi connectivity index (χ0n) is 36.3. The Morgan fingerprint density at radius 1 is 0.441 bits per heavy atom. The van der Waals surface area contributed by atoms with Crippen LogP contribution < -0.4 is 15.9 Å². The van der Waals surface area contributed by atoms with Crippen molar-refractivity contribution in [3.05, 3.63) is 244 Å². The van der Waals surface area contributed by atoms with Crippen LogP contribution in [0.5, 0.6) is 0 Å².